The summed E-state index contributed by atoms with van der Waals surface area (Å²) in [6.45, 7) is 3.26. The lowest BCUT2D eigenvalue weighted by molar-refractivity contribution is 0.208. The molecule has 1 heterocycles. The first-order valence-corrected chi connectivity index (χ1v) is 7.37. The Bertz CT molecular complexity index is 371. The molecule has 2 N–H and O–H groups in total. The molecule has 2 heteroatoms. The van der Waals surface area contributed by atoms with Crippen LogP contribution in [0.1, 0.15) is 43.2 Å². The van der Waals surface area contributed by atoms with Gasteiger partial charge in [0.05, 0.1) is 0 Å². The van der Waals surface area contributed by atoms with E-state index in [0.717, 1.165) is 25.6 Å². The Balaban J connectivity index is 1.55. The molecule has 1 aliphatic heterocycles. The second kappa shape index (κ2) is 5.41. The van der Waals surface area contributed by atoms with Crippen LogP contribution in [0.25, 0.3) is 0 Å². The summed E-state index contributed by atoms with van der Waals surface area (Å²) in [5.41, 5.74) is 9.41. The molecule has 1 fully saturated rings. The lowest BCUT2D eigenvalue weighted by Gasteiger charge is -2.30. The maximum Gasteiger partial charge on any atom is 0.0241 e. The minimum atomic E-state index is 0.375. The Kier molecular flexibility index (Phi) is 3.67. The number of rotatable bonds is 3. The molecule has 1 aromatic rings. The van der Waals surface area contributed by atoms with Gasteiger partial charge in [0.15, 0.2) is 0 Å². The van der Waals surface area contributed by atoms with Crippen molar-refractivity contribution in [2.75, 3.05) is 6.54 Å². The van der Waals surface area contributed by atoms with Crippen LogP contribution in [0.3, 0.4) is 0 Å². The van der Waals surface area contributed by atoms with E-state index in [2.05, 4.69) is 29.2 Å². The zero-order valence-electron chi connectivity index (χ0n) is 11.1. The fourth-order valence-corrected chi connectivity index (χ4v) is 3.54. The van der Waals surface area contributed by atoms with Gasteiger partial charge < -0.3 is 5.73 Å². The second-order valence-corrected chi connectivity index (χ2v) is 6.00. The molecule has 1 atom stereocenters. The smallest absolute Gasteiger partial charge is 0.0241 e. The largest absolute Gasteiger partial charge is 0.326 e. The molecule has 98 valence electrons. The van der Waals surface area contributed by atoms with E-state index in [-0.39, 0.29) is 0 Å². The summed E-state index contributed by atoms with van der Waals surface area (Å²) in [5, 5.41) is 0. The highest BCUT2D eigenvalue weighted by molar-refractivity contribution is 5.30. The van der Waals surface area contributed by atoms with Gasteiger partial charge in [-0.15, -0.1) is 0 Å². The molecular formula is C16H24N2. The van der Waals surface area contributed by atoms with Crippen LogP contribution >= 0.6 is 0 Å². The van der Waals surface area contributed by atoms with Gasteiger partial charge in [-0.25, -0.2) is 0 Å². The molecule has 0 saturated heterocycles. The van der Waals surface area contributed by atoms with Gasteiger partial charge in [0.25, 0.3) is 0 Å². The normalized spacial score (nSPS) is 22.9. The Morgan fingerprint density at radius 1 is 1.06 bits per heavy atom. The van der Waals surface area contributed by atoms with Gasteiger partial charge in [0.2, 0.25) is 0 Å². The summed E-state index contributed by atoms with van der Waals surface area (Å²) in [6, 6.07) is 9.16. The van der Waals surface area contributed by atoms with Crippen LogP contribution in [0.15, 0.2) is 24.3 Å². The van der Waals surface area contributed by atoms with E-state index in [4.69, 9.17) is 5.73 Å². The molecule has 0 bridgehead atoms. The van der Waals surface area contributed by atoms with E-state index >= 15 is 0 Å². The fourth-order valence-electron chi connectivity index (χ4n) is 3.54. The number of nitrogens with two attached hydrogens (primary N) is 1. The molecule has 3 rings (SSSR count). The van der Waals surface area contributed by atoms with Crippen molar-refractivity contribution in [2.24, 2.45) is 11.7 Å². The Labute approximate surface area is 110 Å². The Hall–Kier alpha value is -0.860. The van der Waals surface area contributed by atoms with E-state index in [0.29, 0.717) is 6.04 Å². The van der Waals surface area contributed by atoms with Gasteiger partial charge in [0, 0.05) is 25.7 Å². The van der Waals surface area contributed by atoms with Crippen molar-refractivity contribution in [3.8, 4) is 0 Å². The quantitative estimate of drug-likeness (QED) is 0.886. The van der Waals surface area contributed by atoms with Crippen molar-refractivity contribution < 1.29 is 0 Å². The summed E-state index contributed by atoms with van der Waals surface area (Å²) in [7, 11) is 0. The molecule has 0 radical (unpaired) electrons. The first-order chi connectivity index (χ1) is 8.83. The summed E-state index contributed by atoms with van der Waals surface area (Å²) in [6.07, 6.45) is 6.89. The molecule has 2 aliphatic rings. The third-order valence-corrected chi connectivity index (χ3v) is 4.63. The summed E-state index contributed by atoms with van der Waals surface area (Å²) in [5.74, 6) is 0.766. The van der Waals surface area contributed by atoms with Crippen LogP contribution in [-0.4, -0.2) is 17.5 Å². The van der Waals surface area contributed by atoms with Gasteiger partial charge >= 0.3 is 0 Å². The molecule has 1 saturated carbocycles. The van der Waals surface area contributed by atoms with Crippen molar-refractivity contribution in [1.82, 2.24) is 4.90 Å². The van der Waals surface area contributed by atoms with E-state index in [9.17, 15) is 0 Å². The maximum absolute atomic E-state index is 6.42. The Morgan fingerprint density at radius 2 is 1.67 bits per heavy atom. The molecule has 0 aromatic heterocycles. The van der Waals surface area contributed by atoms with Crippen LogP contribution in [0, 0.1) is 5.92 Å². The topological polar surface area (TPSA) is 29.3 Å². The van der Waals surface area contributed by atoms with Gasteiger partial charge in [-0.1, -0.05) is 43.5 Å². The van der Waals surface area contributed by atoms with Gasteiger partial charge in [-0.2, -0.15) is 0 Å². The van der Waals surface area contributed by atoms with Crippen molar-refractivity contribution in [3.63, 3.8) is 0 Å². The summed E-state index contributed by atoms with van der Waals surface area (Å²) >= 11 is 0. The van der Waals surface area contributed by atoms with E-state index in [1.165, 1.54) is 43.2 Å². The van der Waals surface area contributed by atoms with E-state index < -0.39 is 0 Å². The van der Waals surface area contributed by atoms with E-state index in [1.54, 1.807) is 0 Å². The number of fused-ring (bicyclic) bond motifs is 1. The number of nitrogens with zero attached hydrogens (tertiary/aromatic N) is 1. The fraction of sp³-hybridized carbons (Fsp3) is 0.625. The predicted octanol–water partition coefficient (Wildman–Crippen LogP) is 2.91. The zero-order valence-corrected chi connectivity index (χ0v) is 11.1. The monoisotopic (exact) mass is 244 g/mol. The second-order valence-electron chi connectivity index (χ2n) is 6.00. The summed E-state index contributed by atoms with van der Waals surface area (Å²) < 4.78 is 0. The molecule has 1 aliphatic carbocycles. The van der Waals surface area contributed by atoms with Gasteiger partial charge in [0.1, 0.15) is 0 Å². The summed E-state index contributed by atoms with van der Waals surface area (Å²) in [4.78, 5) is 2.52. The predicted molar refractivity (Wildman–Crippen MR) is 75.1 cm³/mol. The first-order valence-electron chi connectivity index (χ1n) is 7.37. The van der Waals surface area contributed by atoms with Gasteiger partial charge in [-0.05, 0) is 29.9 Å². The molecule has 1 aromatic carbocycles. The minimum absolute atomic E-state index is 0.375. The molecule has 2 nitrogen and oxygen atoms in total. The average Bonchev–Trinajstić information content (AvgIpc) is 2.82. The highest BCUT2D eigenvalue weighted by Crippen LogP contribution is 2.28. The van der Waals surface area contributed by atoms with E-state index in [1.807, 2.05) is 0 Å². The van der Waals surface area contributed by atoms with Crippen LogP contribution in [0.2, 0.25) is 0 Å². The third-order valence-electron chi connectivity index (χ3n) is 4.63. The third kappa shape index (κ3) is 2.60. The molecule has 1 unspecified atom stereocenters. The molecule has 0 amide bonds. The SMILES string of the molecule is NC(CN1Cc2ccccc2C1)C1CCCCC1. The zero-order chi connectivity index (χ0) is 12.4. The Morgan fingerprint density at radius 3 is 2.28 bits per heavy atom. The maximum atomic E-state index is 6.42. The highest BCUT2D eigenvalue weighted by atomic mass is 15.1. The van der Waals surface area contributed by atoms with Crippen molar-refractivity contribution in [2.45, 2.75) is 51.2 Å². The minimum Gasteiger partial charge on any atom is -0.326 e. The number of hydrogen-bond donors (Lipinski definition) is 1. The average molecular weight is 244 g/mol. The van der Waals surface area contributed by atoms with Gasteiger partial charge in [-0.3, -0.25) is 4.90 Å². The standard InChI is InChI=1S/C16H24N2/c17-16(13-6-2-1-3-7-13)12-18-10-14-8-4-5-9-15(14)11-18/h4-5,8-9,13,16H,1-3,6-7,10-12,17H2. The highest BCUT2D eigenvalue weighted by Gasteiger charge is 2.25. The number of benzene rings is 1. The van der Waals surface area contributed by atoms with Crippen LogP contribution < -0.4 is 5.73 Å². The van der Waals surface area contributed by atoms with Crippen molar-refractivity contribution in [1.29, 1.82) is 0 Å². The van der Waals surface area contributed by atoms with Crippen LogP contribution in [0.5, 0.6) is 0 Å². The van der Waals surface area contributed by atoms with Crippen molar-refractivity contribution in [3.05, 3.63) is 35.4 Å². The molecule has 18 heavy (non-hydrogen) atoms. The van der Waals surface area contributed by atoms with Crippen molar-refractivity contribution >= 4 is 0 Å². The lowest BCUT2D eigenvalue weighted by atomic mass is 9.84. The lowest BCUT2D eigenvalue weighted by Crippen LogP contribution is -2.41. The molecule has 0 spiro atoms. The van der Waals surface area contributed by atoms with Crippen LogP contribution in [0.4, 0.5) is 0 Å². The van der Waals surface area contributed by atoms with Crippen LogP contribution in [-0.2, 0) is 13.1 Å². The molecular weight excluding hydrogens is 220 g/mol. The first kappa shape index (κ1) is 12.2. The number of hydrogen-bond acceptors (Lipinski definition) is 2.